The molecule has 150 valence electrons. The zero-order chi connectivity index (χ0) is 19.8. The van der Waals surface area contributed by atoms with Crippen LogP contribution in [0.15, 0.2) is 54.7 Å². The number of rotatable bonds is 5. The first-order chi connectivity index (χ1) is 14.0. The Labute approximate surface area is 170 Å². The van der Waals surface area contributed by atoms with Crippen molar-refractivity contribution in [1.82, 2.24) is 20.7 Å². The summed E-state index contributed by atoms with van der Waals surface area (Å²) in [6.45, 7) is 5.19. The van der Waals surface area contributed by atoms with Crippen molar-refractivity contribution in [3.05, 3.63) is 65.9 Å². The largest absolute Gasteiger partial charge is 0.439 e. The van der Waals surface area contributed by atoms with Crippen molar-refractivity contribution in [1.29, 1.82) is 0 Å². The minimum Gasteiger partial charge on any atom is -0.439 e. The lowest BCUT2D eigenvalue weighted by Crippen LogP contribution is -2.59. The van der Waals surface area contributed by atoms with E-state index in [9.17, 15) is 5.11 Å². The molecule has 6 nitrogen and oxygen atoms in total. The highest BCUT2D eigenvalue weighted by Gasteiger charge is 2.35. The molecule has 6 heteroatoms. The lowest BCUT2D eigenvalue weighted by atomic mass is 9.96. The molecular weight excluding hydrogens is 364 g/mol. The monoisotopic (exact) mass is 390 g/mol. The van der Waals surface area contributed by atoms with E-state index < -0.39 is 5.60 Å². The minimum absolute atomic E-state index is 0.314. The first-order valence-electron chi connectivity index (χ1n) is 10.1. The Morgan fingerprint density at radius 2 is 1.97 bits per heavy atom. The van der Waals surface area contributed by atoms with Gasteiger partial charge in [0.1, 0.15) is 5.75 Å². The Kier molecular flexibility index (Phi) is 4.72. The van der Waals surface area contributed by atoms with Gasteiger partial charge in [0.05, 0.1) is 5.60 Å². The van der Waals surface area contributed by atoms with Gasteiger partial charge in [-0.15, -0.1) is 0 Å². The van der Waals surface area contributed by atoms with Crippen molar-refractivity contribution < 1.29 is 9.84 Å². The third-order valence-corrected chi connectivity index (χ3v) is 5.63. The summed E-state index contributed by atoms with van der Waals surface area (Å²) in [7, 11) is 0. The number of pyridine rings is 1. The molecule has 3 aromatic rings. The highest BCUT2D eigenvalue weighted by Crippen LogP contribution is 2.28. The second kappa shape index (κ2) is 7.39. The summed E-state index contributed by atoms with van der Waals surface area (Å²) in [5, 5.41) is 12.2. The standard InChI is InChI=1S/C23H26N4O2/c1-23(28)14-27(15-23)13-16-2-3-18-11-20(6-4-17(18)10-16)29-22-7-5-19(12-24-22)21-8-9-25-26-21/h2-7,10-12,21,25-26,28H,8-9,13-15H2,1H3. The molecule has 3 N–H and O–H groups in total. The molecule has 2 aromatic carbocycles. The molecule has 1 aromatic heterocycles. The number of fused-ring (bicyclic) bond motifs is 1. The maximum absolute atomic E-state index is 9.89. The van der Waals surface area contributed by atoms with E-state index in [2.05, 4.69) is 51.1 Å². The second-order valence-electron chi connectivity index (χ2n) is 8.43. The van der Waals surface area contributed by atoms with Crippen LogP contribution >= 0.6 is 0 Å². The molecule has 0 spiro atoms. The minimum atomic E-state index is -0.528. The Bertz CT molecular complexity index is 1010. The quantitative estimate of drug-likeness (QED) is 0.622. The average Bonchev–Trinajstić information content (AvgIpc) is 3.22. The lowest BCUT2D eigenvalue weighted by molar-refractivity contribution is -0.0871. The fourth-order valence-corrected chi connectivity index (χ4v) is 4.24. The van der Waals surface area contributed by atoms with Crippen LogP contribution in [0.2, 0.25) is 0 Å². The maximum Gasteiger partial charge on any atom is 0.219 e. The number of aromatic nitrogens is 1. The van der Waals surface area contributed by atoms with Gasteiger partial charge in [-0.2, -0.15) is 0 Å². The van der Waals surface area contributed by atoms with Crippen LogP contribution in [0.1, 0.15) is 30.5 Å². The van der Waals surface area contributed by atoms with E-state index >= 15 is 0 Å². The number of hydrazine groups is 1. The van der Waals surface area contributed by atoms with E-state index in [0.717, 1.165) is 49.3 Å². The van der Waals surface area contributed by atoms with Gasteiger partial charge in [0, 0.05) is 44.5 Å². The maximum atomic E-state index is 9.89. The number of benzene rings is 2. The van der Waals surface area contributed by atoms with Gasteiger partial charge in [0.25, 0.3) is 0 Å². The molecule has 5 rings (SSSR count). The van der Waals surface area contributed by atoms with E-state index in [1.54, 1.807) is 0 Å². The molecule has 0 amide bonds. The third kappa shape index (κ3) is 4.11. The number of aliphatic hydroxyl groups is 1. The van der Waals surface area contributed by atoms with Crippen molar-refractivity contribution >= 4 is 10.8 Å². The lowest BCUT2D eigenvalue weighted by Gasteiger charge is -2.44. The van der Waals surface area contributed by atoms with E-state index in [1.165, 1.54) is 10.9 Å². The van der Waals surface area contributed by atoms with Gasteiger partial charge in [-0.05, 0) is 53.4 Å². The molecule has 0 radical (unpaired) electrons. The van der Waals surface area contributed by atoms with Gasteiger partial charge < -0.3 is 9.84 Å². The van der Waals surface area contributed by atoms with Crippen molar-refractivity contribution in [3.63, 3.8) is 0 Å². The van der Waals surface area contributed by atoms with Crippen LogP contribution in [0.4, 0.5) is 0 Å². The predicted molar refractivity (Wildman–Crippen MR) is 113 cm³/mol. The van der Waals surface area contributed by atoms with Gasteiger partial charge in [0.2, 0.25) is 5.88 Å². The number of β-amino-alcohol motifs (C(OH)–C–C–N with tert-alkyl or cyclic N) is 1. The van der Waals surface area contributed by atoms with Crippen LogP contribution in [-0.2, 0) is 6.54 Å². The second-order valence-corrected chi connectivity index (χ2v) is 8.43. The fraction of sp³-hybridized carbons (Fsp3) is 0.348. The summed E-state index contributed by atoms with van der Waals surface area (Å²) in [5.41, 5.74) is 8.28. The average molecular weight is 390 g/mol. The van der Waals surface area contributed by atoms with E-state index in [1.807, 2.05) is 31.3 Å². The Morgan fingerprint density at radius 3 is 2.69 bits per heavy atom. The molecule has 2 fully saturated rings. The molecule has 1 atom stereocenters. The van der Waals surface area contributed by atoms with E-state index in [4.69, 9.17) is 4.74 Å². The number of likely N-dealkylation sites (tertiary alicyclic amines) is 1. The summed E-state index contributed by atoms with van der Waals surface area (Å²) < 4.78 is 5.97. The van der Waals surface area contributed by atoms with Crippen LogP contribution in [0.25, 0.3) is 10.8 Å². The molecule has 0 bridgehead atoms. The summed E-state index contributed by atoms with van der Waals surface area (Å²) >= 11 is 0. The van der Waals surface area contributed by atoms with Crippen LogP contribution < -0.4 is 15.6 Å². The molecule has 1 unspecified atom stereocenters. The summed E-state index contributed by atoms with van der Waals surface area (Å²) in [6, 6.07) is 16.9. The molecule has 0 saturated carbocycles. The van der Waals surface area contributed by atoms with Crippen molar-refractivity contribution in [2.45, 2.75) is 31.5 Å². The third-order valence-electron chi connectivity index (χ3n) is 5.63. The molecule has 3 heterocycles. The molecule has 0 aliphatic carbocycles. The van der Waals surface area contributed by atoms with Crippen LogP contribution in [0.3, 0.4) is 0 Å². The number of nitrogens with one attached hydrogen (secondary N) is 2. The number of hydrogen-bond acceptors (Lipinski definition) is 6. The molecule has 2 saturated heterocycles. The number of ether oxygens (including phenoxy) is 1. The van der Waals surface area contributed by atoms with Gasteiger partial charge in [-0.3, -0.25) is 15.8 Å². The van der Waals surface area contributed by atoms with Crippen molar-refractivity contribution in [2.24, 2.45) is 0 Å². The normalized spacial score (nSPS) is 21.2. The highest BCUT2D eigenvalue weighted by molar-refractivity contribution is 5.84. The molecule has 2 aliphatic rings. The first kappa shape index (κ1) is 18.5. The topological polar surface area (TPSA) is 69.7 Å². The fourth-order valence-electron chi connectivity index (χ4n) is 4.24. The molecular formula is C23H26N4O2. The van der Waals surface area contributed by atoms with Crippen LogP contribution in [0, 0.1) is 0 Å². The van der Waals surface area contributed by atoms with Crippen molar-refractivity contribution in [3.8, 4) is 11.6 Å². The molecule has 2 aliphatic heterocycles. The Morgan fingerprint density at radius 1 is 1.14 bits per heavy atom. The van der Waals surface area contributed by atoms with E-state index in [0.29, 0.717) is 11.9 Å². The number of hydrogen-bond donors (Lipinski definition) is 3. The zero-order valence-corrected chi connectivity index (χ0v) is 16.6. The summed E-state index contributed by atoms with van der Waals surface area (Å²) in [5.74, 6) is 1.38. The number of nitrogens with zero attached hydrogens (tertiary/aromatic N) is 2. The SMILES string of the molecule is CC1(O)CN(Cc2ccc3cc(Oc4ccc(C5CCNN5)cn4)ccc3c2)C1. The smallest absolute Gasteiger partial charge is 0.219 e. The van der Waals surface area contributed by atoms with Gasteiger partial charge >= 0.3 is 0 Å². The van der Waals surface area contributed by atoms with Crippen LogP contribution in [-0.4, -0.2) is 40.2 Å². The molecule has 29 heavy (non-hydrogen) atoms. The van der Waals surface area contributed by atoms with E-state index in [-0.39, 0.29) is 0 Å². The van der Waals surface area contributed by atoms with Gasteiger partial charge in [-0.1, -0.05) is 24.3 Å². The Hall–Kier alpha value is -2.51. The van der Waals surface area contributed by atoms with Gasteiger partial charge in [-0.25, -0.2) is 4.98 Å². The first-order valence-corrected chi connectivity index (χ1v) is 10.1. The predicted octanol–water partition coefficient (Wildman–Crippen LogP) is 3.13. The summed E-state index contributed by atoms with van der Waals surface area (Å²) in [4.78, 5) is 6.71. The van der Waals surface area contributed by atoms with Crippen LogP contribution in [0.5, 0.6) is 11.6 Å². The van der Waals surface area contributed by atoms with Crippen molar-refractivity contribution in [2.75, 3.05) is 19.6 Å². The highest BCUT2D eigenvalue weighted by atomic mass is 16.5. The summed E-state index contributed by atoms with van der Waals surface area (Å²) in [6.07, 6.45) is 2.94. The zero-order valence-electron chi connectivity index (χ0n) is 16.6. The Balaban J connectivity index is 1.26. The van der Waals surface area contributed by atoms with Gasteiger partial charge in [0.15, 0.2) is 0 Å².